The summed E-state index contributed by atoms with van der Waals surface area (Å²) in [5.74, 6) is 11.1. The Morgan fingerprint density at radius 3 is 1.32 bits per heavy atom. The zero-order valence-electron chi connectivity index (χ0n) is 44.4. The summed E-state index contributed by atoms with van der Waals surface area (Å²) in [7, 11) is 0. The van der Waals surface area contributed by atoms with Crippen molar-refractivity contribution in [3.63, 3.8) is 0 Å². The molecule has 0 fully saturated rings. The highest BCUT2D eigenvalue weighted by Gasteiger charge is 2.12. The van der Waals surface area contributed by atoms with Gasteiger partial charge in [0, 0.05) is 61.7 Å². The first-order valence-corrected chi connectivity index (χ1v) is 26.9. The smallest absolute Gasteiger partial charge is 0.229 e. The molecule has 0 saturated heterocycles. The molecule has 0 N–H and O–H groups in total. The average molecular weight is 960 g/mol. The maximum Gasteiger partial charge on any atom is 0.229 e. The molecule has 0 aliphatic heterocycles. The highest BCUT2D eigenvalue weighted by Crippen LogP contribution is 2.22. The van der Waals surface area contributed by atoms with E-state index in [1.807, 2.05) is 0 Å². The lowest BCUT2D eigenvalue weighted by atomic mass is 10.1. The molecule has 0 aromatic carbocycles. The van der Waals surface area contributed by atoms with Gasteiger partial charge in [-0.25, -0.2) is 9.97 Å². The predicted molar refractivity (Wildman–Crippen MR) is 275 cm³/mol. The summed E-state index contributed by atoms with van der Waals surface area (Å²) in [5.41, 5.74) is 0. The maximum atomic E-state index is 5.12. The molecule has 65 heavy (non-hydrogen) atoms. The quantitative estimate of drug-likeness (QED) is 0.0729. The third kappa shape index (κ3) is 28.0. The lowest BCUT2D eigenvalue weighted by Crippen LogP contribution is -1.94. The lowest BCUT2D eigenvalue weighted by Gasteiger charge is -2.00. The van der Waals surface area contributed by atoms with Gasteiger partial charge in [-0.3, -0.25) is 0 Å². The third-order valence-corrected chi connectivity index (χ3v) is 12.7. The molecule has 5 rings (SSSR count). The third-order valence-electron chi connectivity index (χ3n) is 9.63. The van der Waals surface area contributed by atoms with Crippen molar-refractivity contribution in [3.8, 4) is 0 Å². The minimum Gasteiger partial charge on any atom is -0.339 e. The first-order valence-electron chi connectivity index (χ1n) is 24.6. The van der Waals surface area contributed by atoms with Crippen LogP contribution >= 0.6 is 34.4 Å². The van der Waals surface area contributed by atoms with Crippen LogP contribution in [-0.4, -0.2) is 49.2 Å². The van der Waals surface area contributed by atoms with Crippen molar-refractivity contribution in [2.75, 3.05) is 0 Å². The maximum absolute atomic E-state index is 5.12. The van der Waals surface area contributed by atoms with Crippen LogP contribution in [0.1, 0.15) is 255 Å². The molecular weight excluding hydrogens is 869 g/mol. The molecular formula is C50H90N10O2S3. The Morgan fingerprint density at radius 1 is 0.385 bits per heavy atom. The van der Waals surface area contributed by atoms with Gasteiger partial charge < -0.3 is 9.05 Å². The van der Waals surface area contributed by atoms with Gasteiger partial charge in [-0.2, -0.15) is 18.7 Å². The van der Waals surface area contributed by atoms with Gasteiger partial charge in [-0.05, 0) is 84.8 Å². The molecule has 0 amide bonds. The molecule has 0 bridgehead atoms. The highest BCUT2D eigenvalue weighted by molar-refractivity contribution is 7.11. The van der Waals surface area contributed by atoms with Gasteiger partial charge >= 0.3 is 0 Å². The van der Waals surface area contributed by atoms with Crippen LogP contribution in [0.4, 0.5) is 0 Å². The number of nitrogens with zero attached hydrogens (tertiary/aromatic N) is 10. The standard InChI is InChI=1S/2C10H18N2O.3C10H18N2S/c1-7(2)5-6-9-11-10(8(3)4)12-13-9;1-7(2)5-6-9-11-10(8(3)4)13-12-9;1-7(2)5-6-9-11-12-10(13-9)8(3)4;1-7(2)5-6-9-11-10(8(3)4)12-13-9;1-7(2)5-6-9-11-10(8(3)4)13-12-9/h5*7-8H,5-6H2,1-4H3. The SMILES string of the molecule is CC(C)CCc1nc(C(C)C)no1.CC(C)CCc1nc(C(C)C)ns1.CC(C)CCc1nnc(C(C)C)s1.CC(C)CCc1noc(C(C)C)n1.CC(C)CCc1nsc(C(C)C)n1. The van der Waals surface area contributed by atoms with Gasteiger partial charge in [0.05, 0.1) is 0 Å². The number of aromatic nitrogens is 10. The molecule has 5 aromatic heterocycles. The van der Waals surface area contributed by atoms with Crippen LogP contribution in [0.3, 0.4) is 0 Å². The van der Waals surface area contributed by atoms with E-state index in [-0.39, 0.29) is 0 Å². The van der Waals surface area contributed by atoms with Crippen LogP contribution in [0.2, 0.25) is 0 Å². The molecule has 5 aromatic rings. The minimum atomic E-state index is 0.334. The van der Waals surface area contributed by atoms with E-state index >= 15 is 0 Å². The molecule has 5 heterocycles. The van der Waals surface area contributed by atoms with Gasteiger partial charge in [0.15, 0.2) is 11.6 Å². The fourth-order valence-corrected chi connectivity index (χ4v) is 7.43. The molecule has 0 radical (unpaired) electrons. The van der Waals surface area contributed by atoms with Crippen LogP contribution in [0, 0.1) is 29.6 Å². The van der Waals surface area contributed by atoms with Crippen LogP contribution < -0.4 is 0 Å². The second-order valence-electron chi connectivity index (χ2n) is 20.7. The predicted octanol–water partition coefficient (Wildman–Crippen LogP) is 15.3. The Labute approximate surface area is 407 Å². The number of rotatable bonds is 20. The van der Waals surface area contributed by atoms with E-state index in [9.17, 15) is 0 Å². The highest BCUT2D eigenvalue weighted by atomic mass is 32.1. The van der Waals surface area contributed by atoms with Crippen molar-refractivity contribution in [2.24, 2.45) is 29.6 Å². The summed E-state index contributed by atoms with van der Waals surface area (Å²) in [4.78, 5) is 17.6. The molecule has 15 heteroatoms. The van der Waals surface area contributed by atoms with Crippen molar-refractivity contribution >= 4 is 34.4 Å². The molecule has 0 aliphatic rings. The van der Waals surface area contributed by atoms with Crippen LogP contribution in [-0.2, 0) is 32.1 Å². The van der Waals surface area contributed by atoms with E-state index in [0.29, 0.717) is 41.4 Å². The van der Waals surface area contributed by atoms with E-state index in [2.05, 4.69) is 188 Å². The van der Waals surface area contributed by atoms with Crippen molar-refractivity contribution < 1.29 is 9.05 Å². The first kappa shape index (κ1) is 60.0. The van der Waals surface area contributed by atoms with Gasteiger partial charge in [0.1, 0.15) is 31.7 Å². The Morgan fingerprint density at radius 2 is 0.892 bits per heavy atom. The minimum absolute atomic E-state index is 0.334. The Balaban J connectivity index is 0.000000406. The summed E-state index contributed by atoms with van der Waals surface area (Å²) < 4.78 is 18.9. The zero-order chi connectivity index (χ0) is 49.2. The number of hydrogen-bond acceptors (Lipinski definition) is 15. The van der Waals surface area contributed by atoms with E-state index < -0.39 is 0 Å². The van der Waals surface area contributed by atoms with E-state index in [4.69, 9.17) is 9.05 Å². The molecule has 0 unspecified atom stereocenters. The van der Waals surface area contributed by atoms with Crippen molar-refractivity contribution in [1.82, 2.24) is 49.2 Å². The first-order chi connectivity index (χ1) is 30.5. The summed E-state index contributed by atoms with van der Waals surface area (Å²) in [6, 6.07) is 0. The largest absolute Gasteiger partial charge is 0.339 e. The topological polar surface area (TPSA) is 155 Å². The number of aryl methyl sites for hydroxylation is 5. The summed E-state index contributed by atoms with van der Waals surface area (Å²) in [6.45, 7) is 43.4. The molecule has 0 atom stereocenters. The molecule has 0 spiro atoms. The molecule has 370 valence electrons. The second kappa shape index (κ2) is 32.6. The van der Waals surface area contributed by atoms with Crippen LogP contribution in [0.15, 0.2) is 9.05 Å². The fraction of sp³-hybridized carbons (Fsp3) is 0.800. The normalized spacial score (nSPS) is 11.5. The Hall–Kier alpha value is -3.04. The molecule has 12 nitrogen and oxygen atoms in total. The van der Waals surface area contributed by atoms with E-state index in [1.165, 1.54) is 39.3 Å². The fourth-order valence-electron chi connectivity index (χ4n) is 5.09. The van der Waals surface area contributed by atoms with Crippen molar-refractivity contribution in [1.29, 1.82) is 0 Å². The lowest BCUT2D eigenvalue weighted by molar-refractivity contribution is 0.359. The van der Waals surface area contributed by atoms with Gasteiger partial charge in [-0.15, -0.1) is 21.5 Å². The Bertz CT molecular complexity index is 1590. The van der Waals surface area contributed by atoms with Crippen molar-refractivity contribution in [2.45, 2.75) is 232 Å². The van der Waals surface area contributed by atoms with Gasteiger partial charge in [0.2, 0.25) is 11.8 Å². The van der Waals surface area contributed by atoms with Crippen molar-refractivity contribution in [3.05, 3.63) is 55.1 Å². The van der Waals surface area contributed by atoms with E-state index in [0.717, 1.165) is 97.8 Å². The summed E-state index contributed by atoms with van der Waals surface area (Å²) in [6.07, 6.45) is 10.9. The van der Waals surface area contributed by atoms with Crippen LogP contribution in [0.25, 0.3) is 0 Å². The molecule has 0 saturated carbocycles. The van der Waals surface area contributed by atoms with Crippen LogP contribution in [0.5, 0.6) is 0 Å². The Kier molecular flexibility index (Phi) is 30.1. The monoisotopic (exact) mass is 959 g/mol. The number of hydrogen-bond donors (Lipinski definition) is 0. The summed E-state index contributed by atoms with van der Waals surface area (Å²) in [5, 5.41) is 20.9. The van der Waals surface area contributed by atoms with Gasteiger partial charge in [0.25, 0.3) is 0 Å². The van der Waals surface area contributed by atoms with E-state index in [1.54, 1.807) is 34.4 Å². The average Bonchev–Trinajstić information content (AvgIpc) is 4.08. The summed E-state index contributed by atoms with van der Waals surface area (Å²) >= 11 is 4.87. The second-order valence-corrected chi connectivity index (χ2v) is 23.4. The van der Waals surface area contributed by atoms with Gasteiger partial charge in [-0.1, -0.05) is 149 Å². The molecule has 0 aliphatic carbocycles. The zero-order valence-corrected chi connectivity index (χ0v) is 46.8.